The van der Waals surface area contributed by atoms with Gasteiger partial charge in [0.25, 0.3) is 0 Å². The van der Waals surface area contributed by atoms with Gasteiger partial charge in [-0.15, -0.1) is 0 Å². The number of carbonyl (C=O) groups is 1. The second-order valence-corrected chi connectivity index (χ2v) is 5.91. The Morgan fingerprint density at radius 3 is 2.73 bits per heavy atom. The Morgan fingerprint density at radius 1 is 1.23 bits per heavy atom. The molecule has 0 spiro atoms. The van der Waals surface area contributed by atoms with Crippen LogP contribution in [0.4, 0.5) is 5.82 Å². The van der Waals surface area contributed by atoms with Gasteiger partial charge < -0.3 is 10.0 Å². The molecule has 0 aliphatic carbocycles. The second-order valence-electron chi connectivity index (χ2n) is 5.91. The molecule has 22 heavy (non-hydrogen) atoms. The van der Waals surface area contributed by atoms with Crippen molar-refractivity contribution < 1.29 is 9.90 Å². The molecular formula is C17H19N3O2. The summed E-state index contributed by atoms with van der Waals surface area (Å²) in [4.78, 5) is 22.3. The Balaban J connectivity index is 1.87. The van der Waals surface area contributed by atoms with Gasteiger partial charge in [-0.05, 0) is 12.3 Å². The molecule has 2 unspecified atom stereocenters. The summed E-state index contributed by atoms with van der Waals surface area (Å²) in [5.41, 5.74) is 1.82. The summed E-state index contributed by atoms with van der Waals surface area (Å²) < 4.78 is 0. The Labute approximate surface area is 129 Å². The van der Waals surface area contributed by atoms with Gasteiger partial charge in [-0.3, -0.25) is 9.78 Å². The lowest BCUT2D eigenvalue weighted by molar-refractivity contribution is -0.142. The summed E-state index contributed by atoms with van der Waals surface area (Å²) in [5.74, 6) is 0.00541. The highest BCUT2D eigenvalue weighted by Crippen LogP contribution is 2.26. The molecule has 1 aromatic carbocycles. The number of carboxylic acids is 1. The third-order valence-corrected chi connectivity index (χ3v) is 4.02. The van der Waals surface area contributed by atoms with E-state index in [1.54, 1.807) is 12.4 Å². The Morgan fingerprint density at radius 2 is 2.00 bits per heavy atom. The standard InChI is InChI=1S/C17H19N3O2/c1-12-7-14(17(21)22)11-20(10-12)16-9-18-8-15(19-16)13-5-3-2-4-6-13/h2-6,8-9,12,14H,7,10-11H2,1H3,(H,21,22). The van der Waals surface area contributed by atoms with Gasteiger partial charge in [0.1, 0.15) is 5.82 Å². The van der Waals surface area contributed by atoms with E-state index in [9.17, 15) is 9.90 Å². The second kappa shape index (κ2) is 6.13. The molecule has 1 N–H and O–H groups in total. The first-order chi connectivity index (χ1) is 10.6. The van der Waals surface area contributed by atoms with E-state index in [-0.39, 0.29) is 5.92 Å². The maximum Gasteiger partial charge on any atom is 0.308 e. The Kier molecular flexibility index (Phi) is 4.04. The van der Waals surface area contributed by atoms with Crippen LogP contribution < -0.4 is 4.90 Å². The number of carboxylic acid groups (broad SMARTS) is 1. The molecule has 1 aliphatic heterocycles. The Hall–Kier alpha value is -2.43. The molecule has 0 radical (unpaired) electrons. The van der Waals surface area contributed by atoms with Crippen LogP contribution in [0.15, 0.2) is 42.7 Å². The van der Waals surface area contributed by atoms with Gasteiger partial charge in [-0.1, -0.05) is 37.3 Å². The lowest BCUT2D eigenvalue weighted by Gasteiger charge is -2.35. The fourth-order valence-corrected chi connectivity index (χ4v) is 2.97. The average molecular weight is 297 g/mol. The number of rotatable bonds is 3. The molecule has 2 atom stereocenters. The zero-order valence-electron chi connectivity index (χ0n) is 12.5. The van der Waals surface area contributed by atoms with Gasteiger partial charge >= 0.3 is 5.97 Å². The van der Waals surface area contributed by atoms with Crippen molar-refractivity contribution in [3.8, 4) is 11.3 Å². The monoisotopic (exact) mass is 297 g/mol. The van der Waals surface area contributed by atoms with E-state index < -0.39 is 5.97 Å². The minimum atomic E-state index is -0.733. The summed E-state index contributed by atoms with van der Waals surface area (Å²) in [6.07, 6.45) is 4.17. The molecule has 0 saturated carbocycles. The zero-order chi connectivity index (χ0) is 15.5. The van der Waals surface area contributed by atoms with E-state index in [2.05, 4.69) is 16.9 Å². The molecule has 1 aliphatic rings. The molecule has 5 heteroatoms. The molecule has 5 nitrogen and oxygen atoms in total. The third-order valence-electron chi connectivity index (χ3n) is 4.02. The van der Waals surface area contributed by atoms with Crippen molar-refractivity contribution in [3.63, 3.8) is 0 Å². The van der Waals surface area contributed by atoms with Crippen LogP contribution in [0.3, 0.4) is 0 Å². The normalized spacial score (nSPS) is 21.6. The largest absolute Gasteiger partial charge is 0.481 e. The molecule has 3 rings (SSSR count). The number of benzene rings is 1. The van der Waals surface area contributed by atoms with E-state index in [0.29, 0.717) is 12.5 Å². The number of hydrogen-bond acceptors (Lipinski definition) is 4. The smallest absolute Gasteiger partial charge is 0.308 e. The van der Waals surface area contributed by atoms with Gasteiger partial charge in [0.2, 0.25) is 0 Å². The summed E-state index contributed by atoms with van der Waals surface area (Å²) in [5, 5.41) is 9.29. The van der Waals surface area contributed by atoms with Crippen LogP contribution in [0.25, 0.3) is 11.3 Å². The van der Waals surface area contributed by atoms with E-state index in [1.165, 1.54) is 0 Å². The fourth-order valence-electron chi connectivity index (χ4n) is 2.97. The highest BCUT2D eigenvalue weighted by molar-refractivity contribution is 5.71. The zero-order valence-corrected chi connectivity index (χ0v) is 12.5. The van der Waals surface area contributed by atoms with Gasteiger partial charge in [-0.25, -0.2) is 4.98 Å². The predicted molar refractivity (Wildman–Crippen MR) is 84.6 cm³/mol. The van der Waals surface area contributed by atoms with Crippen LogP contribution in [0.1, 0.15) is 13.3 Å². The van der Waals surface area contributed by atoms with E-state index in [1.807, 2.05) is 35.2 Å². The molecular weight excluding hydrogens is 278 g/mol. The molecule has 2 heterocycles. The lowest BCUT2D eigenvalue weighted by Crippen LogP contribution is -2.43. The van der Waals surface area contributed by atoms with Crippen molar-refractivity contribution >= 4 is 11.8 Å². The van der Waals surface area contributed by atoms with Crippen LogP contribution in [-0.4, -0.2) is 34.1 Å². The predicted octanol–water partition coefficient (Wildman–Crippen LogP) is 2.69. The van der Waals surface area contributed by atoms with Gasteiger partial charge in [-0.2, -0.15) is 0 Å². The number of nitrogens with zero attached hydrogens (tertiary/aromatic N) is 3. The number of anilines is 1. The first kappa shape index (κ1) is 14.5. The number of aliphatic carboxylic acids is 1. The van der Waals surface area contributed by atoms with Crippen molar-refractivity contribution in [1.82, 2.24) is 9.97 Å². The number of aromatic nitrogens is 2. The highest BCUT2D eigenvalue weighted by Gasteiger charge is 2.30. The summed E-state index contributed by atoms with van der Waals surface area (Å²) >= 11 is 0. The van der Waals surface area contributed by atoms with Crippen molar-refractivity contribution in [1.29, 1.82) is 0 Å². The lowest BCUT2D eigenvalue weighted by atomic mass is 9.90. The SMILES string of the molecule is CC1CC(C(=O)O)CN(c2cncc(-c3ccccc3)n2)C1. The molecule has 0 bridgehead atoms. The van der Waals surface area contributed by atoms with Crippen LogP contribution in [0, 0.1) is 11.8 Å². The first-order valence-corrected chi connectivity index (χ1v) is 7.48. The molecule has 0 amide bonds. The number of piperidine rings is 1. The first-order valence-electron chi connectivity index (χ1n) is 7.48. The molecule has 2 aromatic rings. The summed E-state index contributed by atoms with van der Waals surface area (Å²) in [6.45, 7) is 3.39. The molecule has 1 saturated heterocycles. The number of hydrogen-bond donors (Lipinski definition) is 1. The Bertz CT molecular complexity index is 660. The highest BCUT2D eigenvalue weighted by atomic mass is 16.4. The van der Waals surface area contributed by atoms with E-state index in [0.717, 1.165) is 30.0 Å². The van der Waals surface area contributed by atoms with Gasteiger partial charge in [0, 0.05) is 18.7 Å². The fraction of sp³-hybridized carbons (Fsp3) is 0.353. The molecule has 1 fully saturated rings. The molecule has 114 valence electrons. The van der Waals surface area contributed by atoms with Crippen LogP contribution >= 0.6 is 0 Å². The maximum atomic E-state index is 11.3. The topological polar surface area (TPSA) is 66.3 Å². The van der Waals surface area contributed by atoms with Crippen molar-refractivity contribution in [2.45, 2.75) is 13.3 Å². The maximum absolute atomic E-state index is 11.3. The van der Waals surface area contributed by atoms with Gasteiger partial charge in [0.15, 0.2) is 0 Å². The van der Waals surface area contributed by atoms with Crippen molar-refractivity contribution in [3.05, 3.63) is 42.7 Å². The summed E-state index contributed by atoms with van der Waals surface area (Å²) in [6, 6.07) is 9.88. The van der Waals surface area contributed by atoms with Crippen LogP contribution in [-0.2, 0) is 4.79 Å². The minimum absolute atomic E-state index is 0.331. The summed E-state index contributed by atoms with van der Waals surface area (Å²) in [7, 11) is 0. The van der Waals surface area contributed by atoms with E-state index in [4.69, 9.17) is 0 Å². The van der Waals surface area contributed by atoms with Gasteiger partial charge in [0.05, 0.1) is 24.0 Å². The van der Waals surface area contributed by atoms with E-state index >= 15 is 0 Å². The van der Waals surface area contributed by atoms with Crippen LogP contribution in [0.2, 0.25) is 0 Å². The quantitative estimate of drug-likeness (QED) is 0.943. The minimum Gasteiger partial charge on any atom is -0.481 e. The van der Waals surface area contributed by atoms with Crippen molar-refractivity contribution in [2.75, 3.05) is 18.0 Å². The van der Waals surface area contributed by atoms with Crippen LogP contribution in [0.5, 0.6) is 0 Å². The third kappa shape index (κ3) is 3.08. The molecule has 1 aromatic heterocycles. The van der Waals surface area contributed by atoms with Crippen molar-refractivity contribution in [2.24, 2.45) is 11.8 Å². The average Bonchev–Trinajstić information content (AvgIpc) is 2.55.